The van der Waals surface area contributed by atoms with E-state index in [-0.39, 0.29) is 28.5 Å². The second-order valence-electron chi connectivity index (χ2n) is 0.576. The average molecular weight is 272 g/mol. The van der Waals surface area contributed by atoms with Gasteiger partial charge < -0.3 is 12.2 Å². The zero-order valence-electron chi connectivity index (χ0n) is 4.43. The Bertz CT molecular complexity index is 45.0. The number of ether oxygens (including phenoxy) is 1. The number of hydrogen-bond acceptors (Lipinski definition) is 2. The number of carbonyl (C=O) groups excluding carboxylic acids is 1. The Labute approximate surface area is 58.5 Å². The van der Waals surface area contributed by atoms with Crippen molar-refractivity contribution in [2.24, 2.45) is 0 Å². The van der Waals surface area contributed by atoms with Crippen LogP contribution in [0.3, 0.4) is 0 Å². The first kappa shape index (κ1) is 15.7. The molecule has 0 spiro atoms. The summed E-state index contributed by atoms with van der Waals surface area (Å²) in [7, 11) is 1.29. The van der Waals surface area contributed by atoms with Crippen LogP contribution in [0.4, 0.5) is 0 Å². The van der Waals surface area contributed by atoms with E-state index < -0.39 is 5.97 Å². The van der Waals surface area contributed by atoms with Crippen molar-refractivity contribution < 1.29 is 30.6 Å². The van der Waals surface area contributed by atoms with E-state index >= 15 is 0 Å². The Morgan fingerprint density at radius 1 is 1.71 bits per heavy atom. The fourth-order valence-electron chi connectivity index (χ4n) is 0. The van der Waals surface area contributed by atoms with Crippen molar-refractivity contribution in [3.8, 4) is 0 Å². The van der Waals surface area contributed by atoms with Gasteiger partial charge in [0, 0.05) is 0 Å². The van der Waals surface area contributed by atoms with Crippen molar-refractivity contribution in [2.45, 2.75) is 0 Å². The molecule has 0 bridgehead atoms. The maximum atomic E-state index is 9.48. The first-order chi connectivity index (χ1) is 2.27. The molecule has 2 nitrogen and oxygen atoms in total. The molecule has 0 amide bonds. The SMILES string of the molecule is [CH2-]C(=O)OC.[CH3-].[W+2]. The molecule has 0 aromatic carbocycles. The van der Waals surface area contributed by atoms with Crippen LogP contribution in [0.25, 0.3) is 0 Å². The van der Waals surface area contributed by atoms with Crippen LogP contribution in [0.15, 0.2) is 0 Å². The minimum Gasteiger partial charge on any atom is -0.492 e. The molecule has 0 aromatic rings. The van der Waals surface area contributed by atoms with Gasteiger partial charge in [-0.1, -0.05) is 0 Å². The summed E-state index contributed by atoms with van der Waals surface area (Å²) in [6, 6.07) is 0. The summed E-state index contributed by atoms with van der Waals surface area (Å²) in [6.45, 7) is 2.90. The predicted octanol–water partition coefficient (Wildman–Crippen LogP) is 0.441. The van der Waals surface area contributed by atoms with E-state index in [0.717, 1.165) is 0 Å². The molecule has 0 unspecified atom stereocenters. The minimum atomic E-state index is -0.495. The molecular formula is C4H8O2W. The molecule has 0 saturated heterocycles. The molecule has 0 radical (unpaired) electrons. The number of carbonyl (C=O) groups is 1. The fourth-order valence-corrected chi connectivity index (χ4v) is 0. The number of methoxy groups -OCH3 is 1. The molecule has 42 valence electrons. The van der Waals surface area contributed by atoms with Gasteiger partial charge in [0.2, 0.25) is 0 Å². The first-order valence-corrected chi connectivity index (χ1v) is 1.17. The van der Waals surface area contributed by atoms with Gasteiger partial charge in [-0.15, -0.1) is 0 Å². The number of hydrogen-bond donors (Lipinski definition) is 0. The smallest absolute Gasteiger partial charge is 0.492 e. The van der Waals surface area contributed by atoms with Gasteiger partial charge in [-0.25, -0.2) is 0 Å². The van der Waals surface area contributed by atoms with Crippen LogP contribution in [-0.2, 0) is 30.6 Å². The summed E-state index contributed by atoms with van der Waals surface area (Å²) in [6.07, 6.45) is 0. The first-order valence-electron chi connectivity index (χ1n) is 1.17. The van der Waals surface area contributed by atoms with Crippen molar-refractivity contribution in [3.05, 3.63) is 14.4 Å². The fraction of sp³-hybridized carbons (Fsp3) is 0.250. The van der Waals surface area contributed by atoms with Crippen molar-refractivity contribution in [1.29, 1.82) is 0 Å². The Morgan fingerprint density at radius 3 is 1.86 bits per heavy atom. The summed E-state index contributed by atoms with van der Waals surface area (Å²) in [4.78, 5) is 9.48. The van der Waals surface area contributed by atoms with E-state index in [4.69, 9.17) is 0 Å². The average Bonchev–Trinajstić information content (AvgIpc) is 1.38. The van der Waals surface area contributed by atoms with Crippen LogP contribution < -0.4 is 0 Å². The predicted molar refractivity (Wildman–Crippen MR) is 23.8 cm³/mol. The maximum Gasteiger partial charge on any atom is 2.00 e. The second-order valence-corrected chi connectivity index (χ2v) is 0.576. The van der Waals surface area contributed by atoms with Gasteiger partial charge >= 0.3 is 21.1 Å². The third-order valence-corrected chi connectivity index (χ3v) is 0.228. The summed E-state index contributed by atoms with van der Waals surface area (Å²) >= 11 is 0. The largest absolute Gasteiger partial charge is 2.00 e. The van der Waals surface area contributed by atoms with Crippen molar-refractivity contribution in [3.63, 3.8) is 0 Å². The van der Waals surface area contributed by atoms with Gasteiger partial charge in [0.05, 0.1) is 7.11 Å². The maximum absolute atomic E-state index is 9.48. The summed E-state index contributed by atoms with van der Waals surface area (Å²) < 4.78 is 4.00. The molecule has 0 fully saturated rings. The van der Waals surface area contributed by atoms with Crippen LogP contribution in [0.1, 0.15) is 0 Å². The van der Waals surface area contributed by atoms with Gasteiger partial charge in [-0.05, 0) is 0 Å². The normalized spacial score (nSPS) is 4.71. The molecule has 0 aliphatic rings. The summed E-state index contributed by atoms with van der Waals surface area (Å²) in [5.41, 5.74) is 0. The zero-order chi connectivity index (χ0) is 4.28. The second kappa shape index (κ2) is 9.39. The third-order valence-electron chi connectivity index (χ3n) is 0.228. The molecule has 0 N–H and O–H groups in total. The van der Waals surface area contributed by atoms with Crippen molar-refractivity contribution >= 4 is 5.97 Å². The topological polar surface area (TPSA) is 26.3 Å². The van der Waals surface area contributed by atoms with Gasteiger partial charge in [0.15, 0.2) is 5.97 Å². The van der Waals surface area contributed by atoms with Crippen LogP contribution in [-0.4, -0.2) is 13.1 Å². The molecule has 7 heavy (non-hydrogen) atoms. The van der Waals surface area contributed by atoms with Crippen LogP contribution in [0.2, 0.25) is 0 Å². The number of esters is 1. The molecule has 0 heterocycles. The van der Waals surface area contributed by atoms with Crippen LogP contribution >= 0.6 is 0 Å². The number of rotatable bonds is 0. The molecule has 0 rings (SSSR count). The molecule has 0 atom stereocenters. The van der Waals surface area contributed by atoms with E-state index in [0.29, 0.717) is 0 Å². The molecular weight excluding hydrogens is 264 g/mol. The van der Waals surface area contributed by atoms with Crippen LogP contribution in [0, 0.1) is 14.4 Å². The monoisotopic (exact) mass is 272 g/mol. The Balaban J connectivity index is -0.0000000800. The standard InChI is InChI=1S/C3H5O2.CH3.W/c1-3(4)5-2;;/h1H2,2H3;1H3;/q2*-1;+2. The molecule has 0 aromatic heterocycles. The molecule has 0 aliphatic heterocycles. The van der Waals surface area contributed by atoms with E-state index in [1.54, 1.807) is 0 Å². The van der Waals surface area contributed by atoms with E-state index in [9.17, 15) is 4.79 Å². The van der Waals surface area contributed by atoms with Gasteiger partial charge in [0.25, 0.3) is 0 Å². The molecule has 0 saturated carbocycles. The van der Waals surface area contributed by atoms with E-state index in [2.05, 4.69) is 11.7 Å². The zero-order valence-corrected chi connectivity index (χ0v) is 7.37. The van der Waals surface area contributed by atoms with Gasteiger partial charge in [0.1, 0.15) is 0 Å². The summed E-state index contributed by atoms with van der Waals surface area (Å²) in [5, 5.41) is 0. The minimum absolute atomic E-state index is 0. The van der Waals surface area contributed by atoms with Gasteiger partial charge in [-0.3, -0.25) is 11.7 Å². The third kappa shape index (κ3) is 23.8. The Kier molecular flexibility index (Phi) is 21.1. The molecule has 0 aliphatic carbocycles. The Hall–Kier alpha value is 0.0283. The van der Waals surface area contributed by atoms with Crippen molar-refractivity contribution in [1.82, 2.24) is 0 Å². The van der Waals surface area contributed by atoms with Gasteiger partial charge in [-0.2, -0.15) is 0 Å². The quantitative estimate of drug-likeness (QED) is 0.472. The van der Waals surface area contributed by atoms with Crippen LogP contribution in [0.5, 0.6) is 0 Å². The Morgan fingerprint density at radius 2 is 1.86 bits per heavy atom. The van der Waals surface area contributed by atoms with Crippen molar-refractivity contribution in [2.75, 3.05) is 7.11 Å². The molecule has 3 heteroatoms. The summed E-state index contributed by atoms with van der Waals surface area (Å²) in [5.74, 6) is -0.495. The van der Waals surface area contributed by atoms with E-state index in [1.807, 2.05) is 0 Å². The van der Waals surface area contributed by atoms with E-state index in [1.165, 1.54) is 7.11 Å².